The number of rotatable bonds is 5. The van der Waals surface area contributed by atoms with Crippen LogP contribution >= 0.6 is 11.6 Å². The lowest BCUT2D eigenvalue weighted by atomic mass is 10.1. The zero-order chi connectivity index (χ0) is 13.7. The quantitative estimate of drug-likeness (QED) is 0.876. The van der Waals surface area contributed by atoms with E-state index in [2.05, 4.69) is 17.4 Å². The Bertz CT molecular complexity index is 537. The van der Waals surface area contributed by atoms with Crippen molar-refractivity contribution in [2.24, 2.45) is 0 Å². The molecular formula is C16H18ClNO. The Labute approximate surface area is 119 Å². The molecule has 0 aliphatic carbocycles. The van der Waals surface area contributed by atoms with Gasteiger partial charge in [-0.2, -0.15) is 0 Å². The SMILES string of the molecule is Cc1ccc(CNCc2ccc(CO)cc2)c(Cl)c1. The summed E-state index contributed by atoms with van der Waals surface area (Å²) in [5, 5.41) is 13.2. The first-order valence-electron chi connectivity index (χ1n) is 6.33. The van der Waals surface area contributed by atoms with Gasteiger partial charge in [-0.3, -0.25) is 0 Å². The van der Waals surface area contributed by atoms with Gasteiger partial charge in [-0.15, -0.1) is 0 Å². The maximum absolute atomic E-state index is 8.98. The van der Waals surface area contributed by atoms with Crippen LogP contribution in [0.1, 0.15) is 22.3 Å². The predicted molar refractivity (Wildman–Crippen MR) is 79.1 cm³/mol. The van der Waals surface area contributed by atoms with Crippen molar-refractivity contribution in [1.82, 2.24) is 5.32 Å². The highest BCUT2D eigenvalue weighted by Gasteiger charge is 2.00. The number of hydrogen-bond donors (Lipinski definition) is 2. The fraction of sp³-hybridized carbons (Fsp3) is 0.250. The van der Waals surface area contributed by atoms with Crippen molar-refractivity contribution in [2.75, 3.05) is 0 Å². The fourth-order valence-corrected chi connectivity index (χ4v) is 2.20. The first-order chi connectivity index (χ1) is 9.19. The second kappa shape index (κ2) is 6.71. The van der Waals surface area contributed by atoms with Crippen molar-refractivity contribution >= 4 is 11.6 Å². The lowest BCUT2D eigenvalue weighted by Gasteiger charge is -2.08. The van der Waals surface area contributed by atoms with Crippen molar-refractivity contribution in [2.45, 2.75) is 26.6 Å². The summed E-state index contributed by atoms with van der Waals surface area (Å²) >= 11 is 6.18. The molecule has 2 N–H and O–H groups in total. The summed E-state index contributed by atoms with van der Waals surface area (Å²) in [5.41, 5.74) is 4.42. The summed E-state index contributed by atoms with van der Waals surface area (Å²) in [6, 6.07) is 14.0. The van der Waals surface area contributed by atoms with Gasteiger partial charge in [0.05, 0.1) is 6.61 Å². The third-order valence-corrected chi connectivity index (χ3v) is 3.41. The molecule has 0 aliphatic rings. The molecule has 0 saturated carbocycles. The Morgan fingerprint density at radius 1 is 1.00 bits per heavy atom. The van der Waals surface area contributed by atoms with Gasteiger partial charge < -0.3 is 10.4 Å². The number of aryl methyl sites for hydroxylation is 1. The maximum Gasteiger partial charge on any atom is 0.0681 e. The van der Waals surface area contributed by atoms with Crippen LogP contribution in [0.3, 0.4) is 0 Å². The van der Waals surface area contributed by atoms with E-state index in [0.29, 0.717) is 0 Å². The monoisotopic (exact) mass is 275 g/mol. The lowest BCUT2D eigenvalue weighted by Crippen LogP contribution is -2.13. The van der Waals surface area contributed by atoms with Crippen molar-refractivity contribution in [3.8, 4) is 0 Å². The van der Waals surface area contributed by atoms with E-state index in [4.69, 9.17) is 16.7 Å². The molecule has 0 radical (unpaired) electrons. The van der Waals surface area contributed by atoms with Crippen molar-refractivity contribution < 1.29 is 5.11 Å². The highest BCUT2D eigenvalue weighted by atomic mass is 35.5. The van der Waals surface area contributed by atoms with Crippen molar-refractivity contribution in [3.05, 3.63) is 69.7 Å². The molecule has 19 heavy (non-hydrogen) atoms. The molecule has 0 saturated heterocycles. The molecule has 0 fully saturated rings. The van der Waals surface area contributed by atoms with E-state index in [9.17, 15) is 0 Å². The van der Waals surface area contributed by atoms with Gasteiger partial charge in [0.25, 0.3) is 0 Å². The summed E-state index contributed by atoms with van der Waals surface area (Å²) in [4.78, 5) is 0. The number of aliphatic hydroxyl groups is 1. The maximum atomic E-state index is 8.98. The fourth-order valence-electron chi connectivity index (χ4n) is 1.90. The Morgan fingerprint density at radius 2 is 1.68 bits per heavy atom. The van der Waals surface area contributed by atoms with Gasteiger partial charge in [0.15, 0.2) is 0 Å². The topological polar surface area (TPSA) is 32.3 Å². The van der Waals surface area contributed by atoms with Gasteiger partial charge in [0.2, 0.25) is 0 Å². The molecule has 0 amide bonds. The first kappa shape index (κ1) is 14.1. The third-order valence-electron chi connectivity index (χ3n) is 3.06. The largest absolute Gasteiger partial charge is 0.392 e. The number of aliphatic hydroxyl groups excluding tert-OH is 1. The Kier molecular flexibility index (Phi) is 4.97. The number of hydrogen-bond acceptors (Lipinski definition) is 2. The molecule has 2 aromatic carbocycles. The minimum Gasteiger partial charge on any atom is -0.392 e. The van der Waals surface area contributed by atoms with Crippen LogP contribution in [0.25, 0.3) is 0 Å². The molecule has 2 rings (SSSR count). The van der Waals surface area contributed by atoms with Crippen LogP contribution < -0.4 is 5.32 Å². The van der Waals surface area contributed by atoms with E-state index in [-0.39, 0.29) is 6.61 Å². The lowest BCUT2D eigenvalue weighted by molar-refractivity contribution is 0.282. The highest BCUT2D eigenvalue weighted by molar-refractivity contribution is 6.31. The molecule has 0 spiro atoms. The molecule has 0 aromatic heterocycles. The zero-order valence-electron chi connectivity index (χ0n) is 11.0. The Balaban J connectivity index is 1.88. The van der Waals surface area contributed by atoms with Crippen LogP contribution in [-0.2, 0) is 19.7 Å². The normalized spacial score (nSPS) is 10.7. The van der Waals surface area contributed by atoms with Gasteiger partial charge in [0, 0.05) is 18.1 Å². The number of benzene rings is 2. The summed E-state index contributed by atoms with van der Waals surface area (Å²) in [5.74, 6) is 0. The first-order valence-corrected chi connectivity index (χ1v) is 6.71. The molecule has 100 valence electrons. The second-order valence-electron chi connectivity index (χ2n) is 4.67. The van der Waals surface area contributed by atoms with Crippen LogP contribution in [0.5, 0.6) is 0 Å². The summed E-state index contributed by atoms with van der Waals surface area (Å²) in [6.45, 7) is 3.66. The standard InChI is InChI=1S/C16H18ClNO/c1-12-2-7-15(16(17)8-12)10-18-9-13-3-5-14(11-19)6-4-13/h2-8,18-19H,9-11H2,1H3. The van der Waals surface area contributed by atoms with E-state index < -0.39 is 0 Å². The average molecular weight is 276 g/mol. The number of halogens is 1. The van der Waals surface area contributed by atoms with E-state index >= 15 is 0 Å². The van der Waals surface area contributed by atoms with Gasteiger partial charge in [0.1, 0.15) is 0 Å². The zero-order valence-corrected chi connectivity index (χ0v) is 11.7. The second-order valence-corrected chi connectivity index (χ2v) is 5.08. The molecule has 0 aliphatic heterocycles. The van der Waals surface area contributed by atoms with E-state index in [1.54, 1.807) is 0 Å². The van der Waals surface area contributed by atoms with Gasteiger partial charge in [-0.1, -0.05) is 48.0 Å². The van der Waals surface area contributed by atoms with Gasteiger partial charge >= 0.3 is 0 Å². The molecule has 3 heteroatoms. The van der Waals surface area contributed by atoms with Crippen molar-refractivity contribution in [1.29, 1.82) is 0 Å². The van der Waals surface area contributed by atoms with Crippen LogP contribution in [-0.4, -0.2) is 5.11 Å². The molecule has 2 nitrogen and oxygen atoms in total. The van der Waals surface area contributed by atoms with E-state index in [1.165, 1.54) is 11.1 Å². The van der Waals surface area contributed by atoms with E-state index in [0.717, 1.165) is 29.2 Å². The van der Waals surface area contributed by atoms with Gasteiger partial charge in [-0.25, -0.2) is 0 Å². The summed E-state index contributed by atoms with van der Waals surface area (Å²) < 4.78 is 0. The van der Waals surface area contributed by atoms with Crippen LogP contribution in [0.4, 0.5) is 0 Å². The smallest absolute Gasteiger partial charge is 0.0681 e. The Morgan fingerprint density at radius 3 is 2.32 bits per heavy atom. The molecule has 0 unspecified atom stereocenters. The minimum atomic E-state index is 0.0900. The minimum absolute atomic E-state index is 0.0900. The van der Waals surface area contributed by atoms with Gasteiger partial charge in [-0.05, 0) is 35.2 Å². The van der Waals surface area contributed by atoms with Crippen LogP contribution in [0.2, 0.25) is 5.02 Å². The molecule has 0 bridgehead atoms. The molecule has 0 heterocycles. The molecule has 2 aromatic rings. The summed E-state index contributed by atoms with van der Waals surface area (Å²) in [6.07, 6.45) is 0. The third kappa shape index (κ3) is 4.06. The molecular weight excluding hydrogens is 258 g/mol. The highest BCUT2D eigenvalue weighted by Crippen LogP contribution is 2.17. The van der Waals surface area contributed by atoms with E-state index in [1.807, 2.05) is 37.3 Å². The number of nitrogens with one attached hydrogen (secondary N) is 1. The average Bonchev–Trinajstić information content (AvgIpc) is 2.42. The Hall–Kier alpha value is -1.35. The molecule has 0 atom stereocenters. The van der Waals surface area contributed by atoms with Crippen LogP contribution in [0, 0.1) is 6.92 Å². The van der Waals surface area contributed by atoms with Crippen LogP contribution in [0.15, 0.2) is 42.5 Å². The summed E-state index contributed by atoms with van der Waals surface area (Å²) in [7, 11) is 0. The van der Waals surface area contributed by atoms with Crippen molar-refractivity contribution in [3.63, 3.8) is 0 Å². The predicted octanol–water partition coefficient (Wildman–Crippen LogP) is 3.43.